The Hall–Kier alpha value is -1.95. The summed E-state index contributed by atoms with van der Waals surface area (Å²) in [5, 5.41) is 3.42. The Morgan fingerprint density at radius 3 is 3.00 bits per heavy atom. The van der Waals surface area contributed by atoms with Gasteiger partial charge in [-0.15, -0.1) is 0 Å². The van der Waals surface area contributed by atoms with Gasteiger partial charge in [0, 0.05) is 30.5 Å². The summed E-state index contributed by atoms with van der Waals surface area (Å²) in [5.74, 6) is 1.10. The second-order valence-corrected chi connectivity index (χ2v) is 6.53. The van der Waals surface area contributed by atoms with Gasteiger partial charge in [-0.25, -0.2) is 9.78 Å². The van der Waals surface area contributed by atoms with Crippen LogP contribution in [-0.2, 0) is 0 Å². The number of hydrogen-bond acceptors (Lipinski definition) is 4. The molecule has 3 rings (SSSR count). The number of aromatic nitrogens is 2. The maximum absolute atomic E-state index is 12.4. The summed E-state index contributed by atoms with van der Waals surface area (Å²) in [7, 11) is 0. The topological polar surface area (TPSA) is 58.1 Å². The number of nitrogens with one attached hydrogen (secondary N) is 1. The normalized spacial score (nSPS) is 18.3. The molecule has 0 aliphatic carbocycles. The molecule has 116 valence electrons. The van der Waals surface area contributed by atoms with Gasteiger partial charge in [0.15, 0.2) is 0 Å². The van der Waals surface area contributed by atoms with E-state index in [1.165, 1.54) is 22.7 Å². The lowest BCUT2D eigenvalue weighted by Crippen LogP contribution is -2.41. The monoisotopic (exact) mass is 316 g/mol. The quantitative estimate of drug-likeness (QED) is 0.921. The molecule has 1 aliphatic rings. The highest BCUT2D eigenvalue weighted by atomic mass is 32.1. The van der Waals surface area contributed by atoms with E-state index in [0.29, 0.717) is 16.9 Å². The van der Waals surface area contributed by atoms with E-state index in [1.54, 1.807) is 0 Å². The maximum Gasteiger partial charge on any atom is 0.323 e. The zero-order chi connectivity index (χ0) is 15.5. The van der Waals surface area contributed by atoms with Gasteiger partial charge in [-0.05, 0) is 32.3 Å². The number of rotatable bonds is 2. The van der Waals surface area contributed by atoms with Gasteiger partial charge in [-0.3, -0.25) is 5.32 Å². The second-order valence-electron chi connectivity index (χ2n) is 5.78. The lowest BCUT2D eigenvalue weighted by Gasteiger charge is -2.32. The molecule has 1 saturated heterocycles. The SMILES string of the molecule is Cc1cccc([C@H]2CCCN(C(=O)Nc3nc(C)ns3)C2)c1. The van der Waals surface area contributed by atoms with Crippen LogP contribution in [-0.4, -0.2) is 33.4 Å². The van der Waals surface area contributed by atoms with Crippen LogP contribution in [0.4, 0.5) is 9.93 Å². The number of nitrogens with zero attached hydrogens (tertiary/aromatic N) is 3. The number of piperidine rings is 1. The second kappa shape index (κ2) is 6.44. The number of carbonyl (C=O) groups is 1. The number of anilines is 1. The fourth-order valence-corrected chi connectivity index (χ4v) is 3.44. The lowest BCUT2D eigenvalue weighted by molar-refractivity contribution is 0.193. The van der Waals surface area contributed by atoms with Gasteiger partial charge in [0.2, 0.25) is 5.13 Å². The Kier molecular flexibility index (Phi) is 4.38. The molecule has 0 saturated carbocycles. The Morgan fingerprint density at radius 2 is 2.27 bits per heavy atom. The molecule has 1 N–H and O–H groups in total. The van der Waals surface area contributed by atoms with Gasteiger partial charge >= 0.3 is 6.03 Å². The van der Waals surface area contributed by atoms with Gasteiger partial charge in [0.05, 0.1) is 0 Å². The van der Waals surface area contributed by atoms with Crippen molar-refractivity contribution in [2.75, 3.05) is 18.4 Å². The molecule has 2 aromatic rings. The molecule has 2 heterocycles. The fraction of sp³-hybridized carbons (Fsp3) is 0.438. The molecule has 1 fully saturated rings. The van der Waals surface area contributed by atoms with Crippen molar-refractivity contribution in [3.05, 3.63) is 41.2 Å². The van der Waals surface area contributed by atoms with Crippen molar-refractivity contribution >= 4 is 22.7 Å². The molecule has 1 atom stereocenters. The van der Waals surface area contributed by atoms with E-state index in [1.807, 2.05) is 11.8 Å². The Balaban J connectivity index is 1.66. The van der Waals surface area contributed by atoms with Crippen LogP contribution in [0.3, 0.4) is 0 Å². The summed E-state index contributed by atoms with van der Waals surface area (Å²) in [5.41, 5.74) is 2.59. The molecule has 0 bridgehead atoms. The predicted octanol–water partition coefficient (Wildman–Crippen LogP) is 3.57. The van der Waals surface area contributed by atoms with Gasteiger partial charge in [0.25, 0.3) is 0 Å². The van der Waals surface area contributed by atoms with Crippen molar-refractivity contribution < 1.29 is 4.79 Å². The third-order valence-corrected chi connectivity index (χ3v) is 4.69. The van der Waals surface area contributed by atoms with Crippen molar-refractivity contribution in [2.24, 2.45) is 0 Å². The summed E-state index contributed by atoms with van der Waals surface area (Å²) < 4.78 is 4.08. The van der Waals surface area contributed by atoms with Crippen LogP contribution in [0.15, 0.2) is 24.3 Å². The number of urea groups is 1. The van der Waals surface area contributed by atoms with Crippen LogP contribution in [0.1, 0.15) is 35.7 Å². The van der Waals surface area contributed by atoms with E-state index < -0.39 is 0 Å². The average molecular weight is 316 g/mol. The minimum absolute atomic E-state index is 0.0755. The highest BCUT2D eigenvalue weighted by molar-refractivity contribution is 7.09. The summed E-state index contributed by atoms with van der Waals surface area (Å²) in [6, 6.07) is 8.50. The molecular formula is C16H20N4OS. The molecule has 0 spiro atoms. The summed E-state index contributed by atoms with van der Waals surface area (Å²) in [6.45, 7) is 5.48. The molecular weight excluding hydrogens is 296 g/mol. The first-order valence-electron chi connectivity index (χ1n) is 7.54. The van der Waals surface area contributed by atoms with E-state index in [2.05, 4.69) is 45.9 Å². The van der Waals surface area contributed by atoms with Gasteiger partial charge in [0.1, 0.15) is 5.82 Å². The Morgan fingerprint density at radius 1 is 1.41 bits per heavy atom. The lowest BCUT2D eigenvalue weighted by atomic mass is 9.90. The Labute approximate surface area is 134 Å². The number of carbonyl (C=O) groups excluding carboxylic acids is 1. The molecule has 6 heteroatoms. The number of amides is 2. The van der Waals surface area contributed by atoms with Crippen LogP contribution >= 0.6 is 11.5 Å². The first-order valence-corrected chi connectivity index (χ1v) is 8.32. The van der Waals surface area contributed by atoms with E-state index >= 15 is 0 Å². The molecule has 1 aromatic heterocycles. The van der Waals surface area contributed by atoms with Crippen LogP contribution in [0.2, 0.25) is 0 Å². The van der Waals surface area contributed by atoms with Crippen molar-refractivity contribution in [3.63, 3.8) is 0 Å². The number of hydrogen-bond donors (Lipinski definition) is 1. The van der Waals surface area contributed by atoms with Crippen LogP contribution in [0, 0.1) is 13.8 Å². The summed E-state index contributed by atoms with van der Waals surface area (Å²) in [4.78, 5) is 18.4. The number of likely N-dealkylation sites (tertiary alicyclic amines) is 1. The first kappa shape index (κ1) is 15.0. The standard InChI is InChI=1S/C16H20N4OS/c1-11-5-3-6-13(9-11)14-7-4-8-20(10-14)16(21)18-15-17-12(2)19-22-15/h3,5-6,9,14H,4,7-8,10H2,1-2H3,(H,17,18,19,21)/t14-/m0/s1. The molecule has 22 heavy (non-hydrogen) atoms. The smallest absolute Gasteiger partial charge is 0.323 e. The molecule has 0 radical (unpaired) electrons. The van der Waals surface area contributed by atoms with Crippen LogP contribution in [0.5, 0.6) is 0 Å². The highest BCUT2D eigenvalue weighted by Gasteiger charge is 2.25. The van der Waals surface area contributed by atoms with E-state index in [9.17, 15) is 4.79 Å². The van der Waals surface area contributed by atoms with Crippen molar-refractivity contribution in [1.82, 2.24) is 14.3 Å². The molecule has 2 amide bonds. The van der Waals surface area contributed by atoms with E-state index in [0.717, 1.165) is 25.9 Å². The minimum Gasteiger partial charge on any atom is -0.324 e. The molecule has 1 aliphatic heterocycles. The predicted molar refractivity (Wildman–Crippen MR) is 88.4 cm³/mol. The van der Waals surface area contributed by atoms with Crippen molar-refractivity contribution in [3.8, 4) is 0 Å². The van der Waals surface area contributed by atoms with Gasteiger partial charge in [-0.2, -0.15) is 4.37 Å². The summed E-state index contributed by atoms with van der Waals surface area (Å²) in [6.07, 6.45) is 2.16. The third-order valence-electron chi connectivity index (χ3n) is 3.96. The summed E-state index contributed by atoms with van der Waals surface area (Å²) >= 11 is 1.22. The zero-order valence-corrected chi connectivity index (χ0v) is 13.7. The van der Waals surface area contributed by atoms with E-state index in [-0.39, 0.29) is 6.03 Å². The highest BCUT2D eigenvalue weighted by Crippen LogP contribution is 2.27. The van der Waals surface area contributed by atoms with Crippen molar-refractivity contribution in [2.45, 2.75) is 32.6 Å². The van der Waals surface area contributed by atoms with Crippen molar-refractivity contribution in [1.29, 1.82) is 0 Å². The van der Waals surface area contributed by atoms with Crippen LogP contribution < -0.4 is 5.32 Å². The largest absolute Gasteiger partial charge is 0.324 e. The van der Waals surface area contributed by atoms with E-state index in [4.69, 9.17) is 0 Å². The maximum atomic E-state index is 12.4. The van der Waals surface area contributed by atoms with Gasteiger partial charge in [-0.1, -0.05) is 29.8 Å². The molecule has 1 aromatic carbocycles. The first-order chi connectivity index (χ1) is 10.6. The zero-order valence-electron chi connectivity index (χ0n) is 12.9. The van der Waals surface area contributed by atoms with Gasteiger partial charge < -0.3 is 4.90 Å². The molecule has 5 nitrogen and oxygen atoms in total. The average Bonchev–Trinajstić information content (AvgIpc) is 2.92. The number of benzene rings is 1. The molecule has 0 unspecified atom stereocenters. The minimum atomic E-state index is -0.0755. The Bertz CT molecular complexity index is 670. The number of aryl methyl sites for hydroxylation is 2. The van der Waals surface area contributed by atoms with Crippen LogP contribution in [0.25, 0.3) is 0 Å². The third kappa shape index (κ3) is 3.44. The fourth-order valence-electron chi connectivity index (χ4n) is 2.88.